The molecule has 1 aliphatic carbocycles. The molecule has 212 valence electrons. The third-order valence-electron chi connectivity index (χ3n) is 8.00. The number of methoxy groups -OCH3 is 1. The number of hydrogen-bond acceptors (Lipinski definition) is 7. The number of para-hydroxylation sites is 1. The smallest absolute Gasteiger partial charge is 0.339 e. The number of rotatable bonds is 7. The fourth-order valence-electron chi connectivity index (χ4n) is 5.82. The van der Waals surface area contributed by atoms with Crippen molar-refractivity contribution < 1.29 is 28.7 Å². The first-order valence-corrected chi connectivity index (χ1v) is 14.2. The molecule has 0 unspecified atom stereocenters. The summed E-state index contributed by atoms with van der Waals surface area (Å²) in [5.41, 5.74) is 2.58. The molecule has 2 amide bonds. The van der Waals surface area contributed by atoms with Gasteiger partial charge in [0.2, 0.25) is 11.8 Å². The molecule has 3 aromatic carbocycles. The molecular formula is C33H27ClN2O6. The van der Waals surface area contributed by atoms with Gasteiger partial charge < -0.3 is 9.47 Å². The molecule has 9 heteroatoms. The average Bonchev–Trinajstić information content (AvgIpc) is 3.28. The number of imide groups is 1. The number of Topliss-reactive ketones (excluding diaryl/α,β-unsaturated/α-hetero) is 1. The van der Waals surface area contributed by atoms with E-state index in [0.717, 1.165) is 25.7 Å². The van der Waals surface area contributed by atoms with Gasteiger partial charge in [0.1, 0.15) is 5.75 Å². The third kappa shape index (κ3) is 5.03. The van der Waals surface area contributed by atoms with Gasteiger partial charge in [0, 0.05) is 16.5 Å². The van der Waals surface area contributed by atoms with Crippen molar-refractivity contribution in [3.05, 3.63) is 88.9 Å². The van der Waals surface area contributed by atoms with Gasteiger partial charge in [-0.05, 0) is 49.2 Å². The van der Waals surface area contributed by atoms with E-state index in [0.29, 0.717) is 44.2 Å². The number of benzene rings is 3. The summed E-state index contributed by atoms with van der Waals surface area (Å²) in [4.78, 5) is 58.1. The lowest BCUT2D eigenvalue weighted by Gasteiger charge is -2.19. The van der Waals surface area contributed by atoms with E-state index in [2.05, 4.69) is 0 Å². The molecule has 0 radical (unpaired) electrons. The second-order valence-electron chi connectivity index (χ2n) is 10.5. The van der Waals surface area contributed by atoms with Crippen LogP contribution in [0.3, 0.4) is 0 Å². The SMILES string of the molecule is COc1cccc(C(=O)COC(=O)c2cc(-c3ccc(N4C(=O)[C@@H]5CCCC[C@H]5C4=O)cc3)nc3c(Cl)cccc23)c1. The van der Waals surface area contributed by atoms with Crippen LogP contribution in [0.25, 0.3) is 22.2 Å². The van der Waals surface area contributed by atoms with Crippen LogP contribution in [0.5, 0.6) is 5.75 Å². The number of anilines is 1. The van der Waals surface area contributed by atoms with Crippen molar-refractivity contribution in [2.45, 2.75) is 25.7 Å². The van der Waals surface area contributed by atoms with Crippen molar-refractivity contribution in [3.63, 3.8) is 0 Å². The van der Waals surface area contributed by atoms with E-state index in [1.54, 1.807) is 72.8 Å². The molecule has 6 rings (SSSR count). The van der Waals surface area contributed by atoms with Crippen molar-refractivity contribution in [1.29, 1.82) is 0 Å². The van der Waals surface area contributed by atoms with E-state index in [1.807, 2.05) is 0 Å². The van der Waals surface area contributed by atoms with E-state index in [4.69, 9.17) is 26.1 Å². The zero-order chi connectivity index (χ0) is 29.4. The Labute approximate surface area is 247 Å². The first-order chi connectivity index (χ1) is 20.4. The monoisotopic (exact) mass is 582 g/mol. The Kier molecular flexibility index (Phi) is 7.47. The van der Waals surface area contributed by atoms with Crippen LogP contribution in [0.2, 0.25) is 5.02 Å². The Balaban J connectivity index is 1.28. The number of esters is 1. The average molecular weight is 583 g/mol. The lowest BCUT2D eigenvalue weighted by Crippen LogP contribution is -2.30. The molecule has 2 heterocycles. The summed E-state index contributed by atoms with van der Waals surface area (Å²) in [5.74, 6) is -1.30. The summed E-state index contributed by atoms with van der Waals surface area (Å²) < 4.78 is 10.6. The molecule has 1 aliphatic heterocycles. The number of ketones is 1. The normalized spacial score (nSPS) is 18.2. The first-order valence-electron chi connectivity index (χ1n) is 13.8. The molecule has 1 saturated carbocycles. The highest BCUT2D eigenvalue weighted by Gasteiger charge is 2.48. The van der Waals surface area contributed by atoms with Gasteiger partial charge in [0.05, 0.1) is 46.4 Å². The van der Waals surface area contributed by atoms with Crippen LogP contribution in [0, 0.1) is 11.8 Å². The standard InChI is InChI=1S/C33H27ClN2O6/c1-41-22-7-4-6-20(16-22)29(37)18-42-33(40)26-17-28(35-30-23(26)10-5-11-27(30)34)19-12-14-21(15-13-19)36-31(38)24-8-2-3-9-25(24)32(36)39/h4-7,10-17,24-25H,2-3,8-9,18H2,1H3/t24-,25-/m1/s1. The molecule has 1 saturated heterocycles. The molecule has 0 bridgehead atoms. The first kappa shape index (κ1) is 27.6. The second-order valence-corrected chi connectivity index (χ2v) is 10.9. The van der Waals surface area contributed by atoms with Crippen LogP contribution in [-0.2, 0) is 14.3 Å². The Morgan fingerprint density at radius 1 is 0.929 bits per heavy atom. The molecule has 0 spiro atoms. The highest BCUT2D eigenvalue weighted by atomic mass is 35.5. The van der Waals surface area contributed by atoms with E-state index < -0.39 is 12.6 Å². The Hall–Kier alpha value is -4.56. The minimum absolute atomic E-state index is 0.137. The summed E-state index contributed by atoms with van der Waals surface area (Å²) in [5, 5.41) is 0.834. The maximum Gasteiger partial charge on any atom is 0.339 e. The maximum atomic E-state index is 13.3. The third-order valence-corrected chi connectivity index (χ3v) is 8.30. The number of pyridine rings is 1. The summed E-state index contributed by atoms with van der Waals surface area (Å²) in [6.07, 6.45) is 3.41. The van der Waals surface area contributed by atoms with Crippen LogP contribution in [-0.4, -0.2) is 42.3 Å². The lowest BCUT2D eigenvalue weighted by molar-refractivity contribution is -0.122. The quantitative estimate of drug-likeness (QED) is 0.143. The van der Waals surface area contributed by atoms with Crippen LogP contribution < -0.4 is 9.64 Å². The molecule has 8 nitrogen and oxygen atoms in total. The number of carbonyl (C=O) groups is 4. The zero-order valence-electron chi connectivity index (χ0n) is 22.8. The fraction of sp³-hybridized carbons (Fsp3) is 0.242. The molecule has 4 aromatic rings. The van der Waals surface area contributed by atoms with Gasteiger partial charge >= 0.3 is 5.97 Å². The minimum Gasteiger partial charge on any atom is -0.497 e. The van der Waals surface area contributed by atoms with E-state index in [1.165, 1.54) is 12.0 Å². The highest BCUT2D eigenvalue weighted by Crippen LogP contribution is 2.40. The number of aromatic nitrogens is 1. The van der Waals surface area contributed by atoms with Gasteiger partial charge in [-0.25, -0.2) is 9.78 Å². The molecular weight excluding hydrogens is 556 g/mol. The molecule has 1 aromatic heterocycles. The van der Waals surface area contributed by atoms with Crippen molar-refractivity contribution in [2.24, 2.45) is 11.8 Å². The number of carbonyl (C=O) groups excluding carboxylic acids is 4. The summed E-state index contributed by atoms with van der Waals surface area (Å²) in [6, 6.07) is 20.2. The van der Waals surface area contributed by atoms with E-state index in [9.17, 15) is 19.2 Å². The second kappa shape index (κ2) is 11.4. The van der Waals surface area contributed by atoms with Crippen LogP contribution in [0.15, 0.2) is 72.8 Å². The fourth-order valence-corrected chi connectivity index (χ4v) is 6.03. The molecule has 42 heavy (non-hydrogen) atoms. The number of nitrogens with zero attached hydrogens (tertiary/aromatic N) is 2. The largest absolute Gasteiger partial charge is 0.497 e. The van der Waals surface area contributed by atoms with Crippen molar-refractivity contribution >= 4 is 51.8 Å². The topological polar surface area (TPSA) is 103 Å². The van der Waals surface area contributed by atoms with Gasteiger partial charge in [-0.2, -0.15) is 0 Å². The van der Waals surface area contributed by atoms with Crippen molar-refractivity contribution in [1.82, 2.24) is 4.98 Å². The maximum absolute atomic E-state index is 13.3. The number of ether oxygens (including phenoxy) is 2. The van der Waals surface area contributed by atoms with Crippen molar-refractivity contribution in [3.8, 4) is 17.0 Å². The van der Waals surface area contributed by atoms with Gasteiger partial charge in [0.15, 0.2) is 12.4 Å². The predicted octanol–water partition coefficient (Wildman–Crippen LogP) is 6.28. The number of fused-ring (bicyclic) bond motifs is 2. The Morgan fingerprint density at radius 2 is 1.62 bits per heavy atom. The zero-order valence-corrected chi connectivity index (χ0v) is 23.6. The summed E-state index contributed by atoms with van der Waals surface area (Å²) in [7, 11) is 1.51. The Morgan fingerprint density at radius 3 is 2.31 bits per heavy atom. The molecule has 2 fully saturated rings. The summed E-state index contributed by atoms with van der Waals surface area (Å²) in [6.45, 7) is -0.458. The van der Waals surface area contributed by atoms with Gasteiger partial charge in [0.25, 0.3) is 0 Å². The molecule has 0 N–H and O–H groups in total. The highest BCUT2D eigenvalue weighted by molar-refractivity contribution is 6.35. The number of amides is 2. The van der Waals surface area contributed by atoms with Crippen molar-refractivity contribution in [2.75, 3.05) is 18.6 Å². The van der Waals surface area contributed by atoms with Gasteiger partial charge in [-0.1, -0.05) is 60.8 Å². The molecule has 2 atom stereocenters. The van der Waals surface area contributed by atoms with Gasteiger partial charge in [-0.3, -0.25) is 19.3 Å². The number of halogens is 1. The predicted molar refractivity (Wildman–Crippen MR) is 158 cm³/mol. The van der Waals surface area contributed by atoms with Crippen LogP contribution in [0.4, 0.5) is 5.69 Å². The van der Waals surface area contributed by atoms with Gasteiger partial charge in [-0.15, -0.1) is 0 Å². The molecule has 2 aliphatic rings. The van der Waals surface area contributed by atoms with Crippen LogP contribution >= 0.6 is 11.6 Å². The number of hydrogen-bond donors (Lipinski definition) is 0. The van der Waals surface area contributed by atoms with E-state index in [-0.39, 0.29) is 35.0 Å². The Bertz CT molecular complexity index is 1710. The summed E-state index contributed by atoms with van der Waals surface area (Å²) >= 11 is 6.47. The van der Waals surface area contributed by atoms with E-state index >= 15 is 0 Å². The minimum atomic E-state index is -0.699. The lowest BCUT2D eigenvalue weighted by atomic mass is 9.81. The van der Waals surface area contributed by atoms with Crippen LogP contribution in [0.1, 0.15) is 46.4 Å².